The first-order valence-electron chi connectivity index (χ1n) is 10.00. The zero-order chi connectivity index (χ0) is 21.1. The van der Waals surface area contributed by atoms with Gasteiger partial charge in [0.25, 0.3) is 0 Å². The number of nitrogens with one attached hydrogen (secondary N) is 2. The van der Waals surface area contributed by atoms with Crippen molar-refractivity contribution >= 4 is 21.0 Å². The number of alkyl carbamates (subject to hydrolysis) is 2. The molecule has 166 valence electrons. The highest BCUT2D eigenvalue weighted by Gasteiger charge is 2.36. The number of unbranched alkanes of at least 4 members (excludes halogenated alkanes) is 5. The average Bonchev–Trinajstić information content (AvgIpc) is 2.70. The molecule has 10 heteroatoms. The van der Waals surface area contributed by atoms with Crippen LogP contribution in [0.5, 0.6) is 0 Å². The fourth-order valence-electron chi connectivity index (χ4n) is 2.54. The first kappa shape index (κ1) is 26.6. The molecule has 0 unspecified atom stereocenters. The molecule has 0 aliphatic rings. The summed E-state index contributed by atoms with van der Waals surface area (Å²) in [6.07, 6.45) is 5.84. The van der Waals surface area contributed by atoms with Crippen LogP contribution in [-0.2, 0) is 22.8 Å². The van der Waals surface area contributed by atoms with Gasteiger partial charge in [0.1, 0.15) is 0 Å². The maximum atomic E-state index is 11.6. The Hall–Kier alpha value is -1.36. The van der Waals surface area contributed by atoms with Gasteiger partial charge >= 0.3 is 21.0 Å². The third-order valence-electron chi connectivity index (χ3n) is 4.19. The second-order valence-corrected chi connectivity index (χ2v) is 9.34. The number of rotatable bonds is 17. The first-order chi connectivity index (χ1) is 13.5. The Morgan fingerprint density at radius 1 is 0.714 bits per heavy atom. The smallest absolute Gasteiger partial charge is 0.450 e. The highest BCUT2D eigenvalue weighted by atomic mass is 28.4. The Bertz CT molecular complexity index is 401. The number of hydrogen-bond donors (Lipinski definition) is 2. The van der Waals surface area contributed by atoms with Crippen LogP contribution in [0.15, 0.2) is 0 Å². The molecule has 28 heavy (non-hydrogen) atoms. The molecule has 0 heterocycles. The van der Waals surface area contributed by atoms with Crippen molar-refractivity contribution < 1.29 is 32.3 Å². The normalized spacial score (nSPS) is 11.1. The largest absolute Gasteiger partial charge is 0.500 e. The van der Waals surface area contributed by atoms with E-state index in [1.54, 1.807) is 21.3 Å². The van der Waals surface area contributed by atoms with E-state index in [-0.39, 0.29) is 6.09 Å². The minimum absolute atomic E-state index is 0.351. The van der Waals surface area contributed by atoms with Crippen molar-refractivity contribution in [3.8, 4) is 0 Å². The minimum atomic E-state index is -2.57. The molecule has 9 nitrogen and oxygen atoms in total. The number of carbonyl (C=O) groups excluding carboxylic acids is 2. The Morgan fingerprint density at radius 3 is 1.64 bits per heavy atom. The van der Waals surface area contributed by atoms with Gasteiger partial charge in [-0.25, -0.2) is 9.59 Å². The predicted octanol–water partition coefficient (Wildman–Crippen LogP) is 3.07. The van der Waals surface area contributed by atoms with E-state index in [9.17, 15) is 9.59 Å². The van der Waals surface area contributed by atoms with Crippen LogP contribution in [0.2, 0.25) is 6.04 Å². The molecule has 0 aliphatic heterocycles. The summed E-state index contributed by atoms with van der Waals surface area (Å²) < 4.78 is 26.1. The number of amides is 2. The molecule has 2 amide bonds. The van der Waals surface area contributed by atoms with E-state index in [1.165, 1.54) is 0 Å². The van der Waals surface area contributed by atoms with E-state index in [2.05, 4.69) is 10.6 Å². The maximum absolute atomic E-state index is 11.6. The van der Waals surface area contributed by atoms with Gasteiger partial charge in [-0.2, -0.15) is 0 Å². The Labute approximate surface area is 170 Å². The number of ether oxygens (including phenoxy) is 2. The molecule has 0 aromatic rings. The van der Waals surface area contributed by atoms with Crippen molar-refractivity contribution in [3.05, 3.63) is 0 Å². The molecule has 0 radical (unpaired) electrons. The molecule has 2 N–H and O–H groups in total. The fourth-order valence-corrected chi connectivity index (χ4v) is 4.26. The highest BCUT2D eigenvalue weighted by molar-refractivity contribution is 6.60. The van der Waals surface area contributed by atoms with Gasteiger partial charge in [0.15, 0.2) is 0 Å². The predicted molar refractivity (Wildman–Crippen MR) is 108 cm³/mol. The van der Waals surface area contributed by atoms with Crippen molar-refractivity contribution in [1.82, 2.24) is 10.6 Å². The number of hydrogen-bond acceptors (Lipinski definition) is 7. The van der Waals surface area contributed by atoms with E-state index in [0.29, 0.717) is 38.8 Å². The molecule has 0 aromatic carbocycles. The summed E-state index contributed by atoms with van der Waals surface area (Å²) in [5, 5.41) is 5.31. The molecule has 0 rings (SSSR count). The zero-order valence-electron chi connectivity index (χ0n) is 17.8. The van der Waals surface area contributed by atoms with Crippen LogP contribution in [0, 0.1) is 0 Å². The van der Waals surface area contributed by atoms with Crippen molar-refractivity contribution in [1.29, 1.82) is 0 Å². The van der Waals surface area contributed by atoms with Crippen molar-refractivity contribution in [3.63, 3.8) is 0 Å². The summed E-state index contributed by atoms with van der Waals surface area (Å²) >= 11 is 0. The standard InChI is InChI=1S/C18H38N2O7Si/c1-5-19-17(21)26-14-10-8-6-7-9-11-15-27-18(22)20-13-12-16-28(23-2,24-3)25-4/h5-16H2,1-4H3,(H,19,21)(H,20,22). The summed E-state index contributed by atoms with van der Waals surface area (Å²) in [6.45, 7) is 3.79. The van der Waals surface area contributed by atoms with Crippen LogP contribution in [0.3, 0.4) is 0 Å². The molecule has 0 aromatic heterocycles. The Morgan fingerprint density at radius 2 is 1.18 bits per heavy atom. The van der Waals surface area contributed by atoms with E-state index in [0.717, 1.165) is 38.5 Å². The topological polar surface area (TPSA) is 104 Å². The summed E-state index contributed by atoms with van der Waals surface area (Å²) in [6, 6.07) is 0.630. The Balaban J connectivity index is 3.45. The lowest BCUT2D eigenvalue weighted by Gasteiger charge is -2.24. The molecule has 0 atom stereocenters. The molecular weight excluding hydrogens is 384 g/mol. The van der Waals surface area contributed by atoms with Crippen LogP contribution in [0.1, 0.15) is 51.9 Å². The van der Waals surface area contributed by atoms with Crippen LogP contribution >= 0.6 is 0 Å². The molecule has 0 saturated carbocycles. The molecule has 0 aliphatic carbocycles. The van der Waals surface area contributed by atoms with Gasteiger partial charge in [-0.15, -0.1) is 0 Å². The van der Waals surface area contributed by atoms with Crippen LogP contribution in [0.4, 0.5) is 9.59 Å². The van der Waals surface area contributed by atoms with Crippen molar-refractivity contribution in [2.45, 2.75) is 57.9 Å². The first-order valence-corrected chi connectivity index (χ1v) is 11.9. The van der Waals surface area contributed by atoms with Crippen molar-refractivity contribution in [2.75, 3.05) is 47.6 Å². The van der Waals surface area contributed by atoms with Gasteiger partial charge in [-0.1, -0.05) is 25.7 Å². The lowest BCUT2D eigenvalue weighted by Crippen LogP contribution is -2.43. The summed E-state index contributed by atoms with van der Waals surface area (Å²) in [7, 11) is 2.14. The van der Waals surface area contributed by atoms with Crippen molar-refractivity contribution in [2.24, 2.45) is 0 Å². The van der Waals surface area contributed by atoms with Gasteiger partial charge in [0.2, 0.25) is 0 Å². The molecule has 0 spiro atoms. The van der Waals surface area contributed by atoms with E-state index in [4.69, 9.17) is 22.8 Å². The summed E-state index contributed by atoms with van der Waals surface area (Å²) in [4.78, 5) is 22.7. The molecular formula is C18H38N2O7Si. The van der Waals surface area contributed by atoms with Gasteiger partial charge in [0, 0.05) is 40.5 Å². The third kappa shape index (κ3) is 13.8. The number of carbonyl (C=O) groups is 2. The highest BCUT2D eigenvalue weighted by Crippen LogP contribution is 2.14. The SMILES string of the molecule is CCNC(=O)OCCCCCCCCOC(=O)NCCC[Si](OC)(OC)OC. The minimum Gasteiger partial charge on any atom is -0.450 e. The summed E-state index contributed by atoms with van der Waals surface area (Å²) in [5.74, 6) is 0. The monoisotopic (exact) mass is 422 g/mol. The lowest BCUT2D eigenvalue weighted by atomic mass is 10.1. The van der Waals surface area contributed by atoms with Gasteiger partial charge in [0.05, 0.1) is 13.2 Å². The fraction of sp³-hybridized carbons (Fsp3) is 0.889. The Kier molecular flexibility index (Phi) is 16.9. The quantitative estimate of drug-likeness (QED) is 0.274. The van der Waals surface area contributed by atoms with Crippen LogP contribution in [0.25, 0.3) is 0 Å². The lowest BCUT2D eigenvalue weighted by molar-refractivity contribution is 0.122. The summed E-state index contributed by atoms with van der Waals surface area (Å²) in [5.41, 5.74) is 0. The molecule has 0 fully saturated rings. The maximum Gasteiger partial charge on any atom is 0.500 e. The van der Waals surface area contributed by atoms with Crippen LogP contribution < -0.4 is 10.6 Å². The van der Waals surface area contributed by atoms with Gasteiger partial charge in [-0.3, -0.25) is 0 Å². The van der Waals surface area contributed by atoms with Gasteiger partial charge < -0.3 is 33.4 Å². The second kappa shape index (κ2) is 17.7. The van der Waals surface area contributed by atoms with Gasteiger partial charge in [-0.05, 0) is 26.2 Å². The van der Waals surface area contributed by atoms with Crippen LogP contribution in [-0.4, -0.2) is 68.6 Å². The average molecular weight is 423 g/mol. The van der Waals surface area contributed by atoms with E-state index >= 15 is 0 Å². The second-order valence-electron chi connectivity index (χ2n) is 6.25. The zero-order valence-corrected chi connectivity index (χ0v) is 18.8. The van der Waals surface area contributed by atoms with E-state index in [1.807, 2.05) is 6.92 Å². The molecule has 0 bridgehead atoms. The molecule has 0 saturated heterocycles. The third-order valence-corrected chi connectivity index (χ3v) is 7.02. The van der Waals surface area contributed by atoms with E-state index < -0.39 is 14.9 Å².